The summed E-state index contributed by atoms with van der Waals surface area (Å²) < 4.78 is 26.7. The largest absolute Gasteiger partial charge is 0.453 e. The second-order valence-electron chi connectivity index (χ2n) is 19.6. The smallest absolute Gasteiger partial charge is 0.407 e. The lowest BCUT2D eigenvalue weighted by Crippen LogP contribution is -2.52. The maximum atomic E-state index is 16.6. The molecule has 1 unspecified atom stereocenters. The number of nitrogens with one attached hydrogen (secondary N) is 4. The normalized spacial score (nSPS) is 19.5. The lowest BCUT2D eigenvalue weighted by molar-refractivity contribution is -0.137. The van der Waals surface area contributed by atoms with Gasteiger partial charge in [0, 0.05) is 84.9 Å². The van der Waals surface area contributed by atoms with E-state index in [-0.39, 0.29) is 79.6 Å². The monoisotopic (exact) mass is 977 g/mol. The van der Waals surface area contributed by atoms with Gasteiger partial charge in [-0.05, 0) is 106 Å². The number of carbonyl (C=O) groups is 6. The Bertz CT molecular complexity index is 3510. The Morgan fingerprint density at radius 3 is 2.44 bits per heavy atom. The molecule has 0 bridgehead atoms. The minimum Gasteiger partial charge on any atom is -0.453 e. The second kappa shape index (κ2) is 17.9. The molecule has 7 aromatic rings. The number of hydrogen-bond donors (Lipinski definition) is 4. The van der Waals surface area contributed by atoms with E-state index < -0.39 is 35.7 Å². The molecule has 0 spiro atoms. The fourth-order valence-corrected chi connectivity index (χ4v) is 11.2. The topological polar surface area (TPSA) is 228 Å². The number of hydrogen-bond acceptors (Lipinski definition) is 10. The predicted molar refractivity (Wildman–Crippen MR) is 263 cm³/mol. The van der Waals surface area contributed by atoms with Crippen molar-refractivity contribution in [1.29, 1.82) is 0 Å². The van der Waals surface area contributed by atoms with E-state index >= 15 is 4.39 Å². The van der Waals surface area contributed by atoms with Gasteiger partial charge in [-0.25, -0.2) is 19.0 Å². The lowest BCUT2D eigenvalue weighted by atomic mass is 9.94. The maximum absolute atomic E-state index is 16.6. The third kappa shape index (κ3) is 7.84. The van der Waals surface area contributed by atoms with E-state index in [4.69, 9.17) is 9.72 Å². The first-order valence-electron chi connectivity index (χ1n) is 24.3. The lowest BCUT2D eigenvalue weighted by Gasteiger charge is -2.31. The number of pyridine rings is 1. The number of piperidine rings is 2. The number of amides is 6. The Morgan fingerprint density at radius 2 is 1.69 bits per heavy atom. The van der Waals surface area contributed by atoms with Crippen molar-refractivity contribution >= 4 is 74.3 Å². The van der Waals surface area contributed by atoms with Crippen molar-refractivity contribution in [3.05, 3.63) is 100.0 Å². The summed E-state index contributed by atoms with van der Waals surface area (Å²) in [5.74, 6) is -3.07. The van der Waals surface area contributed by atoms with Crippen molar-refractivity contribution < 1.29 is 37.9 Å². The molecule has 6 amide bonds. The van der Waals surface area contributed by atoms with Crippen LogP contribution in [0.4, 0.5) is 14.9 Å². The van der Waals surface area contributed by atoms with Gasteiger partial charge < -0.3 is 30.2 Å². The van der Waals surface area contributed by atoms with Gasteiger partial charge >= 0.3 is 11.8 Å². The summed E-state index contributed by atoms with van der Waals surface area (Å²) in [4.78, 5) is 103. The van der Waals surface area contributed by atoms with E-state index in [1.165, 1.54) is 24.1 Å². The molecule has 370 valence electrons. The molecule has 19 nitrogen and oxygen atoms in total. The number of ether oxygens (including phenoxy) is 1. The third-order valence-corrected chi connectivity index (χ3v) is 15.0. The molecule has 3 aromatic carbocycles. The molecule has 4 N–H and O–H groups in total. The number of alkyl carbamates (subject to hydrolysis) is 1. The molecule has 2 saturated heterocycles. The molecule has 3 atom stereocenters. The van der Waals surface area contributed by atoms with E-state index in [1.807, 2.05) is 22.9 Å². The third-order valence-electron chi connectivity index (χ3n) is 15.0. The summed E-state index contributed by atoms with van der Waals surface area (Å²) in [7, 11) is 3.02. The second-order valence-corrected chi connectivity index (χ2v) is 19.6. The first-order chi connectivity index (χ1) is 34.7. The number of aromatic nitrogens is 6. The van der Waals surface area contributed by atoms with Gasteiger partial charge in [-0.3, -0.25) is 43.1 Å². The standard InChI is InChI=1S/C52H52FN11O8/c1-26(2)64-38-12-6-28(19-30(38)23-55-64)42-43-45-40(60(3)52(71)63(45)34-9-7-33(22-34)57-51(70)72-4)24-54-46(43)59-44(42)29-5-10-36(37(53)21-29)49(68)61-17-15-27(16-18-61)47(66)56-32-8-11-35-31(20-32)25-62(50(35)69)39-13-14-41(65)58-48(39)67/h5-6,8,10-12,19-21,23-24,26-27,33-34,39H,7,9,13-18,22,25H2,1-4H3,(H,54,59)(H,56,66)(H,57,70)(H,58,65,67)/t33-,34-,39?/m1/s1. The van der Waals surface area contributed by atoms with Crippen LogP contribution in [0.1, 0.15) is 97.2 Å². The number of benzene rings is 3. The number of imide groups is 1. The highest BCUT2D eigenvalue weighted by Crippen LogP contribution is 2.44. The molecule has 72 heavy (non-hydrogen) atoms. The average molecular weight is 978 g/mol. The predicted octanol–water partition coefficient (Wildman–Crippen LogP) is 6.32. The van der Waals surface area contributed by atoms with Gasteiger partial charge in [0.2, 0.25) is 17.7 Å². The summed E-state index contributed by atoms with van der Waals surface area (Å²) in [6.07, 6.45) is 5.79. The summed E-state index contributed by atoms with van der Waals surface area (Å²) in [5.41, 5.74) is 6.35. The zero-order valence-corrected chi connectivity index (χ0v) is 40.1. The highest BCUT2D eigenvalue weighted by atomic mass is 19.1. The number of rotatable bonds is 9. The van der Waals surface area contributed by atoms with Crippen molar-refractivity contribution in [1.82, 2.24) is 49.3 Å². The Balaban J connectivity index is 0.854. The van der Waals surface area contributed by atoms with Gasteiger partial charge in [0.1, 0.15) is 17.5 Å². The summed E-state index contributed by atoms with van der Waals surface area (Å²) >= 11 is 0. The van der Waals surface area contributed by atoms with Crippen LogP contribution in [-0.4, -0.2) is 107 Å². The number of aromatic amines is 1. The Morgan fingerprint density at radius 1 is 0.903 bits per heavy atom. The zero-order valence-electron chi connectivity index (χ0n) is 40.1. The van der Waals surface area contributed by atoms with Crippen LogP contribution in [0, 0.1) is 11.7 Å². The first-order valence-corrected chi connectivity index (χ1v) is 24.3. The zero-order chi connectivity index (χ0) is 50.3. The van der Waals surface area contributed by atoms with Crippen molar-refractivity contribution in [2.24, 2.45) is 13.0 Å². The van der Waals surface area contributed by atoms with Gasteiger partial charge in [0.15, 0.2) is 0 Å². The highest BCUT2D eigenvalue weighted by Gasteiger charge is 2.40. The molecule has 3 fully saturated rings. The minimum atomic E-state index is -0.751. The molecular formula is C52H52FN11O8. The fourth-order valence-electron chi connectivity index (χ4n) is 11.2. The average Bonchev–Trinajstić information content (AvgIpc) is 4.21. The van der Waals surface area contributed by atoms with Crippen molar-refractivity contribution in [2.75, 3.05) is 25.5 Å². The fraction of sp³-hybridized carbons (Fsp3) is 0.365. The van der Waals surface area contributed by atoms with Crippen LogP contribution in [-0.2, 0) is 32.7 Å². The summed E-state index contributed by atoms with van der Waals surface area (Å²) in [5, 5.41) is 14.3. The van der Waals surface area contributed by atoms with E-state index in [0.29, 0.717) is 87.8 Å². The number of likely N-dealkylation sites (tertiary alicyclic amines) is 1. The number of carbonyl (C=O) groups excluding carboxylic acids is 6. The number of imidazole rings is 1. The number of H-pyrrole nitrogens is 1. The van der Waals surface area contributed by atoms with Crippen LogP contribution in [0.15, 0.2) is 71.8 Å². The van der Waals surface area contributed by atoms with Gasteiger partial charge in [0.25, 0.3) is 11.8 Å². The van der Waals surface area contributed by atoms with Crippen LogP contribution in [0.2, 0.25) is 0 Å². The van der Waals surface area contributed by atoms with Crippen LogP contribution < -0.4 is 21.6 Å². The van der Waals surface area contributed by atoms with E-state index in [1.54, 1.807) is 57.7 Å². The van der Waals surface area contributed by atoms with Gasteiger partial charge in [-0.15, -0.1) is 0 Å². The molecule has 1 saturated carbocycles. The van der Waals surface area contributed by atoms with E-state index in [9.17, 15) is 33.6 Å². The van der Waals surface area contributed by atoms with Crippen LogP contribution >= 0.6 is 0 Å². The number of anilines is 1. The molecule has 4 aromatic heterocycles. The SMILES string of the molecule is COC(=O)N[C@@H]1CC[C@@H](n2c(=O)n(C)c3cnc4[nH]c(-c5ccc(C(=O)N6CCC(C(=O)Nc7ccc8c(c7)CN(C7CCC(=O)NC7=O)C8=O)CC6)c(F)c5)c(-c5ccc6c(cnn6C(C)C)c5)c4c32)C1. The van der Waals surface area contributed by atoms with Crippen LogP contribution in [0.5, 0.6) is 0 Å². The number of aryl methyl sites for hydroxylation is 1. The molecule has 7 heterocycles. The Labute approximate surface area is 410 Å². The summed E-state index contributed by atoms with van der Waals surface area (Å²) in [6, 6.07) is 14.4. The number of fused-ring (bicyclic) bond motifs is 5. The molecule has 20 heteroatoms. The number of methoxy groups -OCH3 is 1. The Hall–Kier alpha value is -8.16. The minimum absolute atomic E-state index is 0.110. The van der Waals surface area contributed by atoms with Crippen molar-refractivity contribution in [3.8, 4) is 22.4 Å². The first kappa shape index (κ1) is 46.2. The van der Waals surface area contributed by atoms with Crippen molar-refractivity contribution in [2.45, 2.75) is 89.5 Å². The molecule has 0 radical (unpaired) electrons. The van der Waals surface area contributed by atoms with Crippen molar-refractivity contribution in [3.63, 3.8) is 0 Å². The number of nitrogens with zero attached hydrogens (tertiary/aromatic N) is 7. The molecule has 4 aliphatic rings. The molecular weight excluding hydrogens is 926 g/mol. The van der Waals surface area contributed by atoms with Gasteiger partial charge in [-0.2, -0.15) is 5.10 Å². The molecule has 3 aliphatic heterocycles. The van der Waals surface area contributed by atoms with Gasteiger partial charge in [-0.1, -0.05) is 12.1 Å². The van der Waals surface area contributed by atoms with Crippen LogP contribution in [0.3, 0.4) is 0 Å². The quantitative estimate of drug-likeness (QED) is 0.118. The van der Waals surface area contributed by atoms with E-state index in [2.05, 4.69) is 39.9 Å². The van der Waals surface area contributed by atoms with Crippen LogP contribution in [0.25, 0.3) is 55.4 Å². The summed E-state index contributed by atoms with van der Waals surface area (Å²) in [6.45, 7) is 4.73. The highest BCUT2D eigenvalue weighted by molar-refractivity contribution is 6.15. The maximum Gasteiger partial charge on any atom is 0.407 e. The van der Waals surface area contributed by atoms with Gasteiger partial charge in [0.05, 0.1) is 52.7 Å². The molecule has 11 rings (SSSR count). The van der Waals surface area contributed by atoms with E-state index in [0.717, 1.165) is 16.5 Å². The Kier molecular flexibility index (Phi) is 11.5. The molecule has 1 aliphatic carbocycles. The number of halogens is 1.